The summed E-state index contributed by atoms with van der Waals surface area (Å²) < 4.78 is 11.1. The Morgan fingerprint density at radius 1 is 1.22 bits per heavy atom. The predicted octanol–water partition coefficient (Wildman–Crippen LogP) is 3.01. The van der Waals surface area contributed by atoms with Gasteiger partial charge in [-0.2, -0.15) is 0 Å². The monoisotopic (exact) mass is 312 g/mol. The van der Waals surface area contributed by atoms with E-state index in [1.165, 1.54) is 22.3 Å². The highest BCUT2D eigenvalue weighted by atomic mass is 16.5. The highest BCUT2D eigenvalue weighted by Gasteiger charge is 2.15. The third-order valence-electron chi connectivity index (χ3n) is 4.40. The van der Waals surface area contributed by atoms with Gasteiger partial charge in [-0.15, -0.1) is 0 Å². The summed E-state index contributed by atoms with van der Waals surface area (Å²) in [7, 11) is 3.67. The van der Waals surface area contributed by atoms with E-state index in [9.17, 15) is 0 Å². The number of ether oxygens (including phenoxy) is 2. The topological polar surface area (TPSA) is 42.5 Å². The van der Waals surface area contributed by atoms with Crippen LogP contribution in [0.4, 0.5) is 0 Å². The average Bonchev–Trinajstić information content (AvgIpc) is 2.61. The molecule has 2 aromatic rings. The lowest BCUT2D eigenvalue weighted by atomic mass is 9.90. The summed E-state index contributed by atoms with van der Waals surface area (Å²) in [6.45, 7) is 4.49. The van der Waals surface area contributed by atoms with Crippen molar-refractivity contribution in [3.05, 3.63) is 58.7 Å². The van der Waals surface area contributed by atoms with Crippen molar-refractivity contribution in [1.82, 2.24) is 10.6 Å². The molecule has 0 saturated heterocycles. The fourth-order valence-corrected chi connectivity index (χ4v) is 3.05. The first kappa shape index (κ1) is 15.8. The number of methoxy groups -OCH3 is 1. The zero-order valence-electron chi connectivity index (χ0n) is 14.0. The molecule has 0 radical (unpaired) electrons. The third kappa shape index (κ3) is 3.33. The molecular weight excluding hydrogens is 288 g/mol. The number of nitrogens with one attached hydrogen (secondary N) is 2. The molecule has 122 valence electrons. The molecule has 0 fully saturated rings. The molecule has 23 heavy (non-hydrogen) atoms. The summed E-state index contributed by atoms with van der Waals surface area (Å²) in [5.74, 6) is 2.24. The van der Waals surface area contributed by atoms with Crippen LogP contribution in [0.25, 0.3) is 0 Å². The standard InChI is InChI=1S/C19H24N2O2/c1-13(14-4-6-18(22-3)16(8-14)10-20-2)15-5-7-19-17(9-15)11-21-12-23-19/h4-9,13,20-21H,10-12H2,1-3H3. The van der Waals surface area contributed by atoms with Crippen molar-refractivity contribution in [2.24, 2.45) is 0 Å². The largest absolute Gasteiger partial charge is 0.496 e. The van der Waals surface area contributed by atoms with E-state index in [1.54, 1.807) is 7.11 Å². The van der Waals surface area contributed by atoms with Gasteiger partial charge in [-0.05, 0) is 30.3 Å². The quantitative estimate of drug-likeness (QED) is 0.891. The van der Waals surface area contributed by atoms with Gasteiger partial charge in [0, 0.05) is 30.1 Å². The van der Waals surface area contributed by atoms with Gasteiger partial charge in [0.25, 0.3) is 0 Å². The average molecular weight is 312 g/mol. The highest BCUT2D eigenvalue weighted by molar-refractivity contribution is 5.45. The molecule has 0 aromatic heterocycles. The van der Waals surface area contributed by atoms with Gasteiger partial charge in [-0.25, -0.2) is 0 Å². The van der Waals surface area contributed by atoms with Gasteiger partial charge in [0.2, 0.25) is 0 Å². The lowest BCUT2D eigenvalue weighted by Gasteiger charge is -2.21. The van der Waals surface area contributed by atoms with Gasteiger partial charge in [-0.1, -0.05) is 31.2 Å². The Hall–Kier alpha value is -2.04. The molecule has 4 heteroatoms. The summed E-state index contributed by atoms with van der Waals surface area (Å²) in [6.07, 6.45) is 0. The van der Waals surface area contributed by atoms with Gasteiger partial charge in [0.15, 0.2) is 0 Å². The number of hydrogen-bond donors (Lipinski definition) is 2. The van der Waals surface area contributed by atoms with E-state index in [0.717, 1.165) is 24.6 Å². The van der Waals surface area contributed by atoms with Crippen LogP contribution in [0.2, 0.25) is 0 Å². The highest BCUT2D eigenvalue weighted by Crippen LogP contribution is 2.32. The van der Waals surface area contributed by atoms with E-state index < -0.39 is 0 Å². The minimum Gasteiger partial charge on any atom is -0.496 e. The van der Waals surface area contributed by atoms with Crippen LogP contribution in [0.3, 0.4) is 0 Å². The molecule has 0 spiro atoms. The fourth-order valence-electron chi connectivity index (χ4n) is 3.05. The van der Waals surface area contributed by atoms with E-state index in [0.29, 0.717) is 12.6 Å². The van der Waals surface area contributed by atoms with E-state index in [2.05, 4.69) is 54.0 Å². The molecule has 1 aliphatic heterocycles. The van der Waals surface area contributed by atoms with E-state index in [4.69, 9.17) is 9.47 Å². The summed E-state index contributed by atoms with van der Waals surface area (Å²) in [5.41, 5.74) is 5.00. The molecule has 0 amide bonds. The van der Waals surface area contributed by atoms with Crippen molar-refractivity contribution in [3.63, 3.8) is 0 Å². The number of hydrogen-bond acceptors (Lipinski definition) is 4. The number of fused-ring (bicyclic) bond motifs is 1. The maximum atomic E-state index is 5.61. The van der Waals surface area contributed by atoms with Crippen molar-refractivity contribution in [2.45, 2.75) is 25.9 Å². The van der Waals surface area contributed by atoms with Crippen LogP contribution >= 0.6 is 0 Å². The Labute approximate surface area is 137 Å². The van der Waals surface area contributed by atoms with Crippen LogP contribution in [0.15, 0.2) is 36.4 Å². The molecule has 0 saturated carbocycles. The van der Waals surface area contributed by atoms with Crippen LogP contribution in [0.5, 0.6) is 11.5 Å². The van der Waals surface area contributed by atoms with Gasteiger partial charge in [0.05, 0.1) is 7.11 Å². The number of benzene rings is 2. The molecule has 3 rings (SSSR count). The summed E-state index contributed by atoms with van der Waals surface area (Å²) in [5, 5.41) is 6.44. The second kappa shape index (κ2) is 7.02. The van der Waals surface area contributed by atoms with Crippen LogP contribution in [0.1, 0.15) is 35.1 Å². The lowest BCUT2D eigenvalue weighted by Crippen LogP contribution is -2.25. The zero-order chi connectivity index (χ0) is 16.2. The normalized spacial score (nSPS) is 14.7. The Balaban J connectivity index is 1.90. The molecule has 0 aliphatic carbocycles. The van der Waals surface area contributed by atoms with Crippen LogP contribution in [0, 0.1) is 0 Å². The van der Waals surface area contributed by atoms with Crippen molar-refractivity contribution in [2.75, 3.05) is 20.9 Å². The first-order chi connectivity index (χ1) is 11.2. The molecule has 1 aliphatic rings. The van der Waals surface area contributed by atoms with Crippen molar-refractivity contribution in [1.29, 1.82) is 0 Å². The van der Waals surface area contributed by atoms with Crippen LogP contribution in [-0.2, 0) is 13.1 Å². The van der Waals surface area contributed by atoms with Crippen LogP contribution in [-0.4, -0.2) is 20.9 Å². The molecule has 1 unspecified atom stereocenters. The minimum atomic E-state index is 0.323. The summed E-state index contributed by atoms with van der Waals surface area (Å²) >= 11 is 0. The smallest absolute Gasteiger partial charge is 0.139 e. The Morgan fingerprint density at radius 3 is 2.78 bits per heavy atom. The van der Waals surface area contributed by atoms with Gasteiger partial charge in [-0.3, -0.25) is 5.32 Å². The molecule has 0 bridgehead atoms. The predicted molar refractivity (Wildman–Crippen MR) is 92.1 cm³/mol. The molecule has 4 nitrogen and oxygen atoms in total. The van der Waals surface area contributed by atoms with Crippen molar-refractivity contribution >= 4 is 0 Å². The fraction of sp³-hybridized carbons (Fsp3) is 0.368. The summed E-state index contributed by atoms with van der Waals surface area (Å²) in [4.78, 5) is 0. The molecule has 1 heterocycles. The first-order valence-corrected chi connectivity index (χ1v) is 8.00. The zero-order valence-corrected chi connectivity index (χ0v) is 14.0. The SMILES string of the molecule is CNCc1cc(C(C)c2ccc3c(c2)CNCO3)ccc1OC. The summed E-state index contributed by atoms with van der Waals surface area (Å²) in [6, 6.07) is 12.9. The molecule has 1 atom stereocenters. The third-order valence-corrected chi connectivity index (χ3v) is 4.40. The minimum absolute atomic E-state index is 0.323. The maximum absolute atomic E-state index is 5.61. The Morgan fingerprint density at radius 2 is 2.00 bits per heavy atom. The second-order valence-corrected chi connectivity index (χ2v) is 5.91. The van der Waals surface area contributed by atoms with Gasteiger partial charge >= 0.3 is 0 Å². The molecule has 2 N–H and O–H groups in total. The van der Waals surface area contributed by atoms with Gasteiger partial charge < -0.3 is 14.8 Å². The second-order valence-electron chi connectivity index (χ2n) is 5.91. The van der Waals surface area contributed by atoms with Gasteiger partial charge in [0.1, 0.15) is 18.2 Å². The van der Waals surface area contributed by atoms with Crippen molar-refractivity contribution in [3.8, 4) is 11.5 Å². The Bertz CT molecular complexity index is 685. The lowest BCUT2D eigenvalue weighted by molar-refractivity contribution is 0.257. The van der Waals surface area contributed by atoms with Crippen LogP contribution < -0.4 is 20.1 Å². The molecular formula is C19H24N2O2. The van der Waals surface area contributed by atoms with E-state index in [-0.39, 0.29) is 0 Å². The number of rotatable bonds is 5. The maximum Gasteiger partial charge on any atom is 0.139 e. The Kier molecular flexibility index (Phi) is 4.84. The van der Waals surface area contributed by atoms with E-state index in [1.807, 2.05) is 7.05 Å². The molecule has 2 aromatic carbocycles. The first-order valence-electron chi connectivity index (χ1n) is 8.00. The van der Waals surface area contributed by atoms with Crippen molar-refractivity contribution < 1.29 is 9.47 Å². The van der Waals surface area contributed by atoms with E-state index >= 15 is 0 Å².